The molecule has 0 spiro atoms. The van der Waals surface area contributed by atoms with E-state index in [9.17, 15) is 4.79 Å². The predicted molar refractivity (Wildman–Crippen MR) is 106 cm³/mol. The van der Waals surface area contributed by atoms with E-state index < -0.39 is 0 Å². The number of methoxy groups -OCH3 is 2. The van der Waals surface area contributed by atoms with Gasteiger partial charge >= 0.3 is 0 Å². The second kappa shape index (κ2) is 7.72. The van der Waals surface area contributed by atoms with Crippen LogP contribution in [0.15, 0.2) is 35.7 Å². The molecule has 1 heterocycles. The summed E-state index contributed by atoms with van der Waals surface area (Å²) in [4.78, 5) is 16.9. The van der Waals surface area contributed by atoms with E-state index in [1.807, 2.05) is 23.6 Å². The first-order valence-electron chi connectivity index (χ1n) is 9.28. The third-order valence-corrected chi connectivity index (χ3v) is 6.44. The highest BCUT2D eigenvalue weighted by molar-refractivity contribution is 7.13. The molecule has 27 heavy (non-hydrogen) atoms. The summed E-state index contributed by atoms with van der Waals surface area (Å²) in [5.41, 5.74) is 1.76. The number of thiazole rings is 1. The van der Waals surface area contributed by atoms with Gasteiger partial charge in [-0.2, -0.15) is 0 Å². The van der Waals surface area contributed by atoms with Crippen LogP contribution in [0.2, 0.25) is 0 Å². The molecule has 2 aromatic rings. The Bertz CT molecular complexity index is 861. The molecule has 2 bridgehead atoms. The van der Waals surface area contributed by atoms with Gasteiger partial charge in [0, 0.05) is 17.5 Å². The van der Waals surface area contributed by atoms with Gasteiger partial charge in [-0.3, -0.25) is 4.79 Å². The van der Waals surface area contributed by atoms with Gasteiger partial charge < -0.3 is 14.8 Å². The van der Waals surface area contributed by atoms with Crippen molar-refractivity contribution in [1.82, 2.24) is 10.3 Å². The molecule has 3 atom stereocenters. The number of ether oxygens (including phenoxy) is 2. The van der Waals surface area contributed by atoms with Crippen molar-refractivity contribution < 1.29 is 14.3 Å². The van der Waals surface area contributed by atoms with Crippen molar-refractivity contribution in [3.8, 4) is 22.1 Å². The maximum absolute atomic E-state index is 12.3. The molecule has 1 amide bonds. The summed E-state index contributed by atoms with van der Waals surface area (Å²) in [6, 6.07) is 5.72. The number of nitrogens with zero attached hydrogens (tertiary/aromatic N) is 1. The van der Waals surface area contributed by atoms with E-state index in [2.05, 4.69) is 22.5 Å². The van der Waals surface area contributed by atoms with Crippen molar-refractivity contribution >= 4 is 17.2 Å². The van der Waals surface area contributed by atoms with Crippen molar-refractivity contribution in [2.75, 3.05) is 20.8 Å². The number of benzene rings is 1. The van der Waals surface area contributed by atoms with Gasteiger partial charge in [0.15, 0.2) is 11.5 Å². The maximum atomic E-state index is 12.3. The van der Waals surface area contributed by atoms with E-state index in [0.29, 0.717) is 29.8 Å². The van der Waals surface area contributed by atoms with E-state index >= 15 is 0 Å². The monoisotopic (exact) mass is 384 g/mol. The summed E-state index contributed by atoms with van der Waals surface area (Å²) >= 11 is 1.53. The fraction of sp³-hybridized carbons (Fsp3) is 0.429. The third-order valence-electron chi connectivity index (χ3n) is 5.50. The van der Waals surface area contributed by atoms with Crippen LogP contribution in [0.4, 0.5) is 0 Å². The van der Waals surface area contributed by atoms with Crippen LogP contribution in [0.3, 0.4) is 0 Å². The van der Waals surface area contributed by atoms with Crippen LogP contribution in [-0.4, -0.2) is 31.7 Å². The Balaban J connectivity index is 1.35. The van der Waals surface area contributed by atoms with E-state index in [-0.39, 0.29) is 5.91 Å². The Kier molecular flexibility index (Phi) is 5.16. The Morgan fingerprint density at radius 1 is 1.22 bits per heavy atom. The quantitative estimate of drug-likeness (QED) is 0.740. The van der Waals surface area contributed by atoms with Crippen LogP contribution in [-0.2, 0) is 11.2 Å². The zero-order valence-electron chi connectivity index (χ0n) is 15.6. The molecule has 0 aliphatic heterocycles. The van der Waals surface area contributed by atoms with Crippen LogP contribution in [0.25, 0.3) is 10.6 Å². The molecular weight excluding hydrogens is 360 g/mol. The molecule has 1 N–H and O–H groups in total. The van der Waals surface area contributed by atoms with Crippen LogP contribution < -0.4 is 14.8 Å². The SMILES string of the molecule is COc1ccc(-c2nc(CC(=O)NC[C@@H]3C[C@@H]4C=C[C@H]3C4)cs2)cc1OC. The minimum Gasteiger partial charge on any atom is -0.493 e. The van der Waals surface area contributed by atoms with Gasteiger partial charge in [0.25, 0.3) is 0 Å². The first-order chi connectivity index (χ1) is 13.2. The fourth-order valence-corrected chi connectivity index (χ4v) is 4.91. The molecule has 0 unspecified atom stereocenters. The highest BCUT2D eigenvalue weighted by atomic mass is 32.1. The second-order valence-electron chi connectivity index (χ2n) is 7.23. The van der Waals surface area contributed by atoms with Crippen molar-refractivity contribution in [1.29, 1.82) is 0 Å². The highest BCUT2D eigenvalue weighted by Crippen LogP contribution is 2.43. The van der Waals surface area contributed by atoms with Gasteiger partial charge in [0.05, 0.1) is 26.3 Å². The summed E-state index contributed by atoms with van der Waals surface area (Å²) in [5.74, 6) is 3.40. The summed E-state index contributed by atoms with van der Waals surface area (Å²) in [7, 11) is 3.23. The number of hydrogen-bond donors (Lipinski definition) is 1. The van der Waals surface area contributed by atoms with E-state index in [4.69, 9.17) is 9.47 Å². The molecule has 2 aliphatic carbocycles. The lowest BCUT2D eigenvalue weighted by molar-refractivity contribution is -0.120. The zero-order chi connectivity index (χ0) is 18.8. The van der Waals surface area contributed by atoms with E-state index in [1.165, 1.54) is 24.2 Å². The lowest BCUT2D eigenvalue weighted by Crippen LogP contribution is -2.32. The molecular formula is C21H24N2O3S. The van der Waals surface area contributed by atoms with Gasteiger partial charge in [-0.1, -0.05) is 12.2 Å². The number of rotatable bonds is 7. The summed E-state index contributed by atoms with van der Waals surface area (Å²) in [5, 5.41) is 5.92. The molecule has 0 saturated heterocycles. The molecule has 0 radical (unpaired) electrons. The number of hydrogen-bond acceptors (Lipinski definition) is 5. The lowest BCUT2D eigenvalue weighted by atomic mass is 9.93. The standard InChI is InChI=1S/C21H24N2O3S/c1-25-18-6-5-15(9-19(18)26-2)21-23-17(12-27-21)10-20(24)22-11-16-8-13-3-4-14(16)7-13/h3-6,9,12-14,16H,7-8,10-11H2,1-2H3,(H,22,24)/t13-,14+,16+/m1/s1. The smallest absolute Gasteiger partial charge is 0.226 e. The number of fused-ring (bicyclic) bond motifs is 2. The van der Waals surface area contributed by atoms with Crippen LogP contribution in [0.1, 0.15) is 18.5 Å². The Hall–Kier alpha value is -2.34. The highest BCUT2D eigenvalue weighted by Gasteiger charge is 2.35. The number of aromatic nitrogens is 1. The van der Waals surface area contributed by atoms with E-state index in [0.717, 1.165) is 28.7 Å². The third kappa shape index (κ3) is 3.86. The zero-order valence-corrected chi connectivity index (χ0v) is 16.4. The summed E-state index contributed by atoms with van der Waals surface area (Å²) in [6.45, 7) is 0.775. The average molecular weight is 385 g/mol. The van der Waals surface area contributed by atoms with Gasteiger partial charge in [0.1, 0.15) is 5.01 Å². The number of carbonyl (C=O) groups excluding carboxylic acids is 1. The van der Waals surface area contributed by atoms with Gasteiger partial charge in [-0.05, 0) is 48.8 Å². The molecule has 1 saturated carbocycles. The first kappa shape index (κ1) is 18.0. The first-order valence-corrected chi connectivity index (χ1v) is 10.2. The van der Waals surface area contributed by atoms with Crippen LogP contribution in [0.5, 0.6) is 11.5 Å². The Morgan fingerprint density at radius 2 is 2.07 bits per heavy atom. The number of nitrogens with one attached hydrogen (secondary N) is 1. The van der Waals surface area contributed by atoms with Crippen LogP contribution in [0, 0.1) is 17.8 Å². The number of carbonyl (C=O) groups is 1. The minimum absolute atomic E-state index is 0.0471. The molecule has 1 aromatic heterocycles. The van der Waals surface area contributed by atoms with E-state index in [1.54, 1.807) is 14.2 Å². The largest absolute Gasteiger partial charge is 0.493 e. The minimum atomic E-state index is 0.0471. The normalized spacial score (nSPS) is 22.8. The molecule has 1 fully saturated rings. The Labute approximate surface area is 163 Å². The van der Waals surface area contributed by atoms with Gasteiger partial charge in [-0.15, -0.1) is 11.3 Å². The Morgan fingerprint density at radius 3 is 2.78 bits per heavy atom. The molecule has 1 aromatic carbocycles. The second-order valence-corrected chi connectivity index (χ2v) is 8.09. The molecule has 4 rings (SSSR count). The van der Waals surface area contributed by atoms with Gasteiger partial charge in [0.2, 0.25) is 5.91 Å². The van der Waals surface area contributed by atoms with Crippen molar-refractivity contribution in [3.05, 3.63) is 41.4 Å². The van der Waals surface area contributed by atoms with Crippen molar-refractivity contribution in [2.24, 2.45) is 17.8 Å². The fourth-order valence-electron chi connectivity index (χ4n) is 4.09. The van der Waals surface area contributed by atoms with Crippen LogP contribution >= 0.6 is 11.3 Å². The molecule has 6 heteroatoms. The lowest BCUT2D eigenvalue weighted by Gasteiger charge is -2.18. The maximum Gasteiger partial charge on any atom is 0.226 e. The average Bonchev–Trinajstić information content (AvgIpc) is 3.43. The molecule has 2 aliphatic rings. The number of amides is 1. The van der Waals surface area contributed by atoms with Crippen molar-refractivity contribution in [3.63, 3.8) is 0 Å². The topological polar surface area (TPSA) is 60.5 Å². The predicted octanol–water partition coefficient (Wildman–Crippen LogP) is 3.70. The number of allylic oxidation sites excluding steroid dienone is 2. The molecule has 5 nitrogen and oxygen atoms in total. The van der Waals surface area contributed by atoms with Crippen molar-refractivity contribution in [2.45, 2.75) is 19.3 Å². The summed E-state index contributed by atoms with van der Waals surface area (Å²) in [6.07, 6.45) is 7.44. The van der Waals surface area contributed by atoms with Gasteiger partial charge in [-0.25, -0.2) is 4.98 Å². The molecule has 142 valence electrons. The summed E-state index contributed by atoms with van der Waals surface area (Å²) < 4.78 is 10.6.